The van der Waals surface area contributed by atoms with E-state index in [0.29, 0.717) is 0 Å². The molecule has 1 nitrogen and oxygen atoms in total. The molecule has 0 spiro atoms. The van der Waals surface area contributed by atoms with Crippen molar-refractivity contribution in [3.8, 4) is 0 Å². The van der Waals surface area contributed by atoms with Crippen LogP contribution in [-0.4, -0.2) is 25.5 Å². The lowest BCUT2D eigenvalue weighted by atomic mass is 9.98. The van der Waals surface area contributed by atoms with Gasteiger partial charge in [-0.15, -0.1) is 0 Å². The van der Waals surface area contributed by atoms with E-state index in [9.17, 15) is 0 Å². The van der Waals surface area contributed by atoms with Crippen LogP contribution in [0.3, 0.4) is 0 Å². The van der Waals surface area contributed by atoms with E-state index in [-0.39, 0.29) is 0 Å². The van der Waals surface area contributed by atoms with Gasteiger partial charge in [0.1, 0.15) is 0 Å². The fourth-order valence-electron chi connectivity index (χ4n) is 6.44. The minimum atomic E-state index is 1.12. The SMILES string of the molecule is CCCCCCCCCCCCCCCCCCC(=CCN(C)C)CCCCCCCCCCCCCCCCCC. The van der Waals surface area contributed by atoms with Gasteiger partial charge in [0.15, 0.2) is 0 Å². The molecule has 0 heterocycles. The number of likely N-dealkylation sites (N-methyl/N-ethyl adjacent to an activating group) is 1. The summed E-state index contributed by atoms with van der Waals surface area (Å²) in [6.07, 6.45) is 51.9. The number of rotatable bonds is 36. The van der Waals surface area contributed by atoms with Gasteiger partial charge in [0.05, 0.1) is 0 Å². The van der Waals surface area contributed by atoms with E-state index in [4.69, 9.17) is 0 Å². The Morgan fingerprint density at radius 2 is 0.548 bits per heavy atom. The molecule has 0 fully saturated rings. The lowest BCUT2D eigenvalue weighted by Gasteiger charge is -2.11. The Morgan fingerprint density at radius 3 is 0.762 bits per heavy atom. The number of unbranched alkanes of at least 4 members (excludes halogenated alkanes) is 30. The third-order valence-electron chi connectivity index (χ3n) is 9.45. The molecule has 0 amide bonds. The molecule has 0 aliphatic carbocycles. The lowest BCUT2D eigenvalue weighted by Crippen LogP contribution is -2.11. The normalized spacial score (nSPS) is 11.5. The van der Waals surface area contributed by atoms with Crippen molar-refractivity contribution in [1.82, 2.24) is 4.90 Å². The van der Waals surface area contributed by atoms with Gasteiger partial charge in [-0.05, 0) is 39.8 Å². The highest BCUT2D eigenvalue weighted by Crippen LogP contribution is 2.20. The number of hydrogen-bond acceptors (Lipinski definition) is 1. The maximum atomic E-state index is 2.55. The summed E-state index contributed by atoms with van der Waals surface area (Å²) in [5, 5.41) is 0. The monoisotopic (exact) mass is 590 g/mol. The Hall–Kier alpha value is -0.300. The van der Waals surface area contributed by atoms with Crippen molar-refractivity contribution >= 4 is 0 Å². The first kappa shape index (κ1) is 41.7. The molecule has 0 aromatic carbocycles. The highest BCUT2D eigenvalue weighted by molar-refractivity contribution is 5.03. The molecule has 0 unspecified atom stereocenters. The number of hydrogen-bond donors (Lipinski definition) is 0. The van der Waals surface area contributed by atoms with Gasteiger partial charge >= 0.3 is 0 Å². The minimum absolute atomic E-state index is 1.12. The Morgan fingerprint density at radius 1 is 0.333 bits per heavy atom. The second-order valence-corrected chi connectivity index (χ2v) is 14.2. The smallest absolute Gasteiger partial charge is 0.0159 e. The van der Waals surface area contributed by atoms with Gasteiger partial charge in [-0.1, -0.05) is 218 Å². The van der Waals surface area contributed by atoms with Crippen LogP contribution >= 0.6 is 0 Å². The molecule has 0 radical (unpaired) electrons. The van der Waals surface area contributed by atoms with Gasteiger partial charge in [0, 0.05) is 6.54 Å². The lowest BCUT2D eigenvalue weighted by molar-refractivity contribution is 0.453. The summed E-state index contributed by atoms with van der Waals surface area (Å²) < 4.78 is 0. The van der Waals surface area contributed by atoms with E-state index >= 15 is 0 Å². The molecule has 0 saturated heterocycles. The minimum Gasteiger partial charge on any atom is -0.306 e. The molecule has 0 aliphatic heterocycles. The van der Waals surface area contributed by atoms with Crippen molar-refractivity contribution < 1.29 is 0 Å². The molecular formula is C41H83N. The second-order valence-electron chi connectivity index (χ2n) is 14.2. The molecule has 0 aliphatic rings. The van der Waals surface area contributed by atoms with Crippen LogP contribution in [0.5, 0.6) is 0 Å². The summed E-state index contributed by atoms with van der Waals surface area (Å²) in [7, 11) is 4.41. The van der Waals surface area contributed by atoms with Crippen LogP contribution in [0.25, 0.3) is 0 Å². The molecule has 0 rings (SSSR count). The first-order valence-electron chi connectivity index (χ1n) is 20.0. The van der Waals surface area contributed by atoms with E-state index in [1.165, 1.54) is 218 Å². The van der Waals surface area contributed by atoms with Crippen molar-refractivity contribution in [2.45, 2.75) is 232 Å². The van der Waals surface area contributed by atoms with Crippen LogP contribution in [0, 0.1) is 0 Å². The standard InChI is InChI=1S/C41H83N/c1-5-7-9-11-13-15-17-19-21-23-25-27-29-31-33-35-37-41(39-40-42(3)4)38-36-34-32-30-28-26-24-22-20-18-16-14-12-10-8-6-2/h39H,5-38,40H2,1-4H3. The van der Waals surface area contributed by atoms with Crippen LogP contribution < -0.4 is 0 Å². The first-order valence-corrected chi connectivity index (χ1v) is 20.0. The summed E-state index contributed by atoms with van der Waals surface area (Å²) in [4.78, 5) is 2.32. The molecule has 0 aromatic heterocycles. The Bertz CT molecular complexity index is 469. The molecule has 0 N–H and O–H groups in total. The van der Waals surface area contributed by atoms with Crippen molar-refractivity contribution in [2.24, 2.45) is 0 Å². The molecule has 42 heavy (non-hydrogen) atoms. The number of nitrogens with zero attached hydrogens (tertiary/aromatic N) is 1. The fourth-order valence-corrected chi connectivity index (χ4v) is 6.44. The predicted octanol–water partition coefficient (Wildman–Crippen LogP) is 14.8. The largest absolute Gasteiger partial charge is 0.306 e. The van der Waals surface area contributed by atoms with Gasteiger partial charge in [-0.3, -0.25) is 0 Å². The Kier molecular flexibility index (Phi) is 36.6. The summed E-state index contributed by atoms with van der Waals surface area (Å²) >= 11 is 0. The van der Waals surface area contributed by atoms with Crippen LogP contribution in [0.2, 0.25) is 0 Å². The average Bonchev–Trinajstić information content (AvgIpc) is 2.98. The first-order chi connectivity index (χ1) is 20.7. The maximum Gasteiger partial charge on any atom is 0.0159 e. The van der Waals surface area contributed by atoms with E-state index in [1.54, 1.807) is 5.57 Å². The topological polar surface area (TPSA) is 3.24 Å². The van der Waals surface area contributed by atoms with Crippen molar-refractivity contribution in [1.29, 1.82) is 0 Å². The highest BCUT2D eigenvalue weighted by Gasteiger charge is 2.01. The van der Waals surface area contributed by atoms with Gasteiger partial charge in [-0.2, -0.15) is 0 Å². The molecule has 1 heteroatoms. The van der Waals surface area contributed by atoms with E-state index in [0.717, 1.165) is 6.54 Å². The molecule has 0 aromatic rings. The van der Waals surface area contributed by atoms with Crippen molar-refractivity contribution in [3.05, 3.63) is 11.6 Å². The zero-order valence-corrected chi connectivity index (χ0v) is 30.3. The fraction of sp³-hybridized carbons (Fsp3) is 0.951. The summed E-state index contributed by atoms with van der Waals surface area (Å²) in [6.45, 7) is 5.74. The predicted molar refractivity (Wildman–Crippen MR) is 195 cm³/mol. The molecular weight excluding hydrogens is 506 g/mol. The van der Waals surface area contributed by atoms with Gasteiger partial charge < -0.3 is 4.90 Å². The van der Waals surface area contributed by atoms with Crippen LogP contribution in [-0.2, 0) is 0 Å². The van der Waals surface area contributed by atoms with Crippen molar-refractivity contribution in [3.63, 3.8) is 0 Å². The van der Waals surface area contributed by atoms with Crippen LogP contribution in [0.4, 0.5) is 0 Å². The molecule has 252 valence electrons. The zero-order valence-electron chi connectivity index (χ0n) is 30.3. The zero-order chi connectivity index (χ0) is 30.6. The van der Waals surface area contributed by atoms with E-state index in [2.05, 4.69) is 38.9 Å². The Balaban J connectivity index is 3.57. The van der Waals surface area contributed by atoms with Gasteiger partial charge in [0.2, 0.25) is 0 Å². The second kappa shape index (κ2) is 36.9. The molecule has 0 atom stereocenters. The van der Waals surface area contributed by atoms with Gasteiger partial charge in [-0.25, -0.2) is 0 Å². The Labute approximate surface area is 268 Å². The third kappa shape index (κ3) is 35.9. The van der Waals surface area contributed by atoms with Crippen LogP contribution in [0.15, 0.2) is 11.6 Å². The van der Waals surface area contributed by atoms with Crippen molar-refractivity contribution in [2.75, 3.05) is 20.6 Å². The molecule has 0 bridgehead atoms. The summed E-state index contributed by atoms with van der Waals surface area (Å²) in [6, 6.07) is 0. The summed E-state index contributed by atoms with van der Waals surface area (Å²) in [5.41, 5.74) is 1.75. The third-order valence-corrected chi connectivity index (χ3v) is 9.45. The highest BCUT2D eigenvalue weighted by atomic mass is 15.0. The van der Waals surface area contributed by atoms with E-state index < -0.39 is 0 Å². The van der Waals surface area contributed by atoms with Gasteiger partial charge in [0.25, 0.3) is 0 Å². The summed E-state index contributed by atoms with van der Waals surface area (Å²) in [5.74, 6) is 0. The quantitative estimate of drug-likeness (QED) is 0.0519. The number of allylic oxidation sites excluding steroid dienone is 1. The maximum absolute atomic E-state index is 2.55. The van der Waals surface area contributed by atoms with E-state index in [1.807, 2.05) is 0 Å². The molecule has 0 saturated carbocycles. The van der Waals surface area contributed by atoms with Crippen LogP contribution in [0.1, 0.15) is 232 Å². The average molecular weight is 590 g/mol.